The van der Waals surface area contributed by atoms with Crippen LogP contribution in [0.4, 0.5) is 0 Å². The van der Waals surface area contributed by atoms with Crippen molar-refractivity contribution in [1.29, 1.82) is 0 Å². The maximum Gasteiger partial charge on any atom is 0.310 e. The second-order valence-electron chi connectivity index (χ2n) is 6.39. The third kappa shape index (κ3) is 4.70. The minimum absolute atomic E-state index is 0.0621. The highest BCUT2D eigenvalue weighted by Gasteiger charge is 2.29. The molecular weight excluding hydrogens is 268 g/mol. The van der Waals surface area contributed by atoms with Gasteiger partial charge in [-0.25, -0.2) is 0 Å². The van der Waals surface area contributed by atoms with Gasteiger partial charge in [-0.05, 0) is 45.1 Å². The molecule has 0 aromatic heterocycles. The van der Waals surface area contributed by atoms with Gasteiger partial charge in [-0.15, -0.1) is 0 Å². The number of amides is 1. The van der Waals surface area contributed by atoms with E-state index in [1.807, 2.05) is 11.8 Å². The third-order valence-corrected chi connectivity index (χ3v) is 4.62. The molecule has 21 heavy (non-hydrogen) atoms. The quantitative estimate of drug-likeness (QED) is 0.738. The minimum atomic E-state index is -0.110. The highest BCUT2D eigenvalue weighted by molar-refractivity contribution is 5.78. The number of carbonyl (C=O) groups excluding carboxylic acids is 2. The van der Waals surface area contributed by atoms with E-state index in [1.54, 1.807) is 0 Å². The van der Waals surface area contributed by atoms with Gasteiger partial charge in [0.15, 0.2) is 0 Å². The number of carbonyl (C=O) groups is 2. The summed E-state index contributed by atoms with van der Waals surface area (Å²) in [5.41, 5.74) is 0. The van der Waals surface area contributed by atoms with Gasteiger partial charge in [-0.3, -0.25) is 14.5 Å². The fourth-order valence-electron chi connectivity index (χ4n) is 3.20. The monoisotopic (exact) mass is 296 g/mol. The van der Waals surface area contributed by atoms with Crippen LogP contribution in [0.5, 0.6) is 0 Å². The van der Waals surface area contributed by atoms with Crippen molar-refractivity contribution in [2.45, 2.75) is 39.5 Å². The summed E-state index contributed by atoms with van der Waals surface area (Å²) in [6.07, 6.45) is 4.06. The van der Waals surface area contributed by atoms with Crippen LogP contribution in [-0.4, -0.2) is 61.0 Å². The first-order chi connectivity index (χ1) is 10.1. The van der Waals surface area contributed by atoms with E-state index in [-0.39, 0.29) is 17.8 Å². The van der Waals surface area contributed by atoms with E-state index in [0.717, 1.165) is 51.2 Å². The molecular formula is C16H28N2O3. The van der Waals surface area contributed by atoms with Crippen molar-refractivity contribution < 1.29 is 14.3 Å². The minimum Gasteiger partial charge on any atom is -0.466 e. The summed E-state index contributed by atoms with van der Waals surface area (Å²) in [5.74, 6) is 0.776. The number of esters is 1. The molecule has 5 heteroatoms. The van der Waals surface area contributed by atoms with Gasteiger partial charge in [0, 0.05) is 19.6 Å². The normalized spacial score (nSPS) is 24.9. The smallest absolute Gasteiger partial charge is 0.310 e. The van der Waals surface area contributed by atoms with Gasteiger partial charge in [-0.2, -0.15) is 0 Å². The van der Waals surface area contributed by atoms with Crippen LogP contribution in [0.15, 0.2) is 0 Å². The van der Waals surface area contributed by atoms with E-state index in [4.69, 9.17) is 4.74 Å². The number of ether oxygens (including phenoxy) is 1. The summed E-state index contributed by atoms with van der Waals surface area (Å²) in [4.78, 5) is 28.3. The van der Waals surface area contributed by atoms with Gasteiger partial charge >= 0.3 is 5.97 Å². The van der Waals surface area contributed by atoms with E-state index in [9.17, 15) is 9.59 Å². The molecule has 0 spiro atoms. The first-order valence-electron chi connectivity index (χ1n) is 8.27. The van der Waals surface area contributed by atoms with Gasteiger partial charge in [0.2, 0.25) is 5.91 Å². The van der Waals surface area contributed by atoms with E-state index >= 15 is 0 Å². The van der Waals surface area contributed by atoms with E-state index < -0.39 is 0 Å². The van der Waals surface area contributed by atoms with Gasteiger partial charge in [0.1, 0.15) is 0 Å². The zero-order valence-electron chi connectivity index (χ0n) is 13.3. The van der Waals surface area contributed by atoms with Crippen LogP contribution in [0.3, 0.4) is 0 Å². The molecule has 0 radical (unpaired) electrons. The number of piperidine rings is 2. The maximum atomic E-state index is 12.3. The van der Waals surface area contributed by atoms with Crippen molar-refractivity contribution in [2.75, 3.05) is 39.3 Å². The molecule has 2 aliphatic rings. The molecule has 2 aliphatic heterocycles. The predicted molar refractivity (Wildman–Crippen MR) is 80.8 cm³/mol. The molecule has 1 atom stereocenters. The molecule has 1 amide bonds. The Bertz CT molecular complexity index is 365. The SMILES string of the molecule is CCOC(=O)C1CCCN(CC(=O)N2CCC(C)CC2)C1. The van der Waals surface area contributed by atoms with Crippen molar-refractivity contribution in [3.8, 4) is 0 Å². The van der Waals surface area contributed by atoms with E-state index in [0.29, 0.717) is 19.7 Å². The Kier molecular flexibility index (Phi) is 6.03. The molecule has 5 nitrogen and oxygen atoms in total. The Labute approximate surface area is 127 Å². The lowest BCUT2D eigenvalue weighted by atomic mass is 9.97. The van der Waals surface area contributed by atoms with Crippen molar-refractivity contribution in [3.63, 3.8) is 0 Å². The lowest BCUT2D eigenvalue weighted by Gasteiger charge is -2.35. The Morgan fingerprint density at radius 1 is 1.14 bits per heavy atom. The van der Waals surface area contributed by atoms with Crippen molar-refractivity contribution in [2.24, 2.45) is 11.8 Å². The Hall–Kier alpha value is -1.10. The number of hydrogen-bond acceptors (Lipinski definition) is 4. The van der Waals surface area contributed by atoms with Crippen LogP contribution in [0.1, 0.15) is 39.5 Å². The van der Waals surface area contributed by atoms with Crippen LogP contribution in [0.2, 0.25) is 0 Å². The topological polar surface area (TPSA) is 49.9 Å². The molecule has 1 unspecified atom stereocenters. The molecule has 0 N–H and O–H groups in total. The third-order valence-electron chi connectivity index (χ3n) is 4.62. The fourth-order valence-corrected chi connectivity index (χ4v) is 3.20. The van der Waals surface area contributed by atoms with Crippen LogP contribution < -0.4 is 0 Å². The predicted octanol–water partition coefficient (Wildman–Crippen LogP) is 1.52. The summed E-state index contributed by atoms with van der Waals surface area (Å²) in [7, 11) is 0. The van der Waals surface area contributed by atoms with Crippen LogP contribution in [0.25, 0.3) is 0 Å². The summed E-state index contributed by atoms with van der Waals surface area (Å²) < 4.78 is 5.10. The zero-order chi connectivity index (χ0) is 15.2. The van der Waals surface area contributed by atoms with Crippen LogP contribution in [-0.2, 0) is 14.3 Å². The molecule has 0 aliphatic carbocycles. The molecule has 0 saturated carbocycles. The molecule has 2 heterocycles. The molecule has 0 bridgehead atoms. The highest BCUT2D eigenvalue weighted by Crippen LogP contribution is 2.19. The lowest BCUT2D eigenvalue weighted by molar-refractivity contribution is -0.150. The lowest BCUT2D eigenvalue weighted by Crippen LogP contribution is -2.47. The van der Waals surface area contributed by atoms with E-state index in [2.05, 4.69) is 11.8 Å². The van der Waals surface area contributed by atoms with Gasteiger partial charge < -0.3 is 9.64 Å². The Morgan fingerprint density at radius 3 is 2.52 bits per heavy atom. The van der Waals surface area contributed by atoms with Crippen LogP contribution >= 0.6 is 0 Å². The highest BCUT2D eigenvalue weighted by atomic mass is 16.5. The molecule has 2 saturated heterocycles. The second-order valence-corrected chi connectivity index (χ2v) is 6.39. The van der Waals surface area contributed by atoms with Crippen molar-refractivity contribution in [3.05, 3.63) is 0 Å². The Morgan fingerprint density at radius 2 is 1.86 bits per heavy atom. The zero-order valence-corrected chi connectivity index (χ0v) is 13.3. The van der Waals surface area contributed by atoms with Gasteiger partial charge in [0.25, 0.3) is 0 Å². The largest absolute Gasteiger partial charge is 0.466 e. The molecule has 0 aromatic rings. The summed E-state index contributed by atoms with van der Waals surface area (Å²) >= 11 is 0. The Balaban J connectivity index is 1.79. The number of likely N-dealkylation sites (tertiary alicyclic amines) is 2. The fraction of sp³-hybridized carbons (Fsp3) is 0.875. The summed E-state index contributed by atoms with van der Waals surface area (Å²) in [5, 5.41) is 0. The maximum absolute atomic E-state index is 12.3. The number of hydrogen-bond donors (Lipinski definition) is 0. The molecule has 2 fully saturated rings. The summed E-state index contributed by atoms with van der Waals surface area (Å²) in [6, 6.07) is 0. The number of nitrogens with zero attached hydrogens (tertiary/aromatic N) is 2. The first kappa shape index (κ1) is 16.3. The molecule has 120 valence electrons. The average Bonchev–Trinajstić information content (AvgIpc) is 2.48. The summed E-state index contributed by atoms with van der Waals surface area (Å²) in [6.45, 7) is 8.30. The average molecular weight is 296 g/mol. The van der Waals surface area contributed by atoms with Crippen molar-refractivity contribution in [1.82, 2.24) is 9.80 Å². The van der Waals surface area contributed by atoms with Crippen LogP contribution in [0, 0.1) is 11.8 Å². The van der Waals surface area contributed by atoms with Gasteiger partial charge in [0.05, 0.1) is 19.1 Å². The van der Waals surface area contributed by atoms with Gasteiger partial charge in [-0.1, -0.05) is 6.92 Å². The molecule has 2 rings (SSSR count). The second kappa shape index (κ2) is 7.78. The van der Waals surface area contributed by atoms with E-state index in [1.165, 1.54) is 0 Å². The standard InChI is InChI=1S/C16H28N2O3/c1-3-21-16(20)14-5-4-8-17(11-14)12-15(19)18-9-6-13(2)7-10-18/h13-14H,3-12H2,1-2H3. The van der Waals surface area contributed by atoms with Crippen molar-refractivity contribution >= 4 is 11.9 Å². The first-order valence-corrected chi connectivity index (χ1v) is 8.27. The number of rotatable bonds is 4. The molecule has 0 aromatic carbocycles.